The molecule has 1 aromatic carbocycles. The van der Waals surface area contributed by atoms with Crippen LogP contribution in [-0.2, 0) is 15.5 Å². The molecule has 0 amide bonds. The third kappa shape index (κ3) is 4.53. The Bertz CT molecular complexity index is 510. The van der Waals surface area contributed by atoms with Crippen molar-refractivity contribution in [1.29, 1.82) is 5.26 Å². The van der Waals surface area contributed by atoms with E-state index in [2.05, 4.69) is 4.36 Å². The molecule has 0 heterocycles. The second-order valence-corrected chi connectivity index (χ2v) is 6.08. The fourth-order valence-electron chi connectivity index (χ4n) is 1.34. The summed E-state index contributed by atoms with van der Waals surface area (Å²) in [4.78, 5) is 0. The van der Waals surface area contributed by atoms with Crippen molar-refractivity contribution < 1.29 is 8.60 Å². The molecule has 3 nitrogen and oxygen atoms in total. The van der Waals surface area contributed by atoms with Gasteiger partial charge in [-0.05, 0) is 24.1 Å². The molecule has 0 radical (unpaired) electrons. The van der Waals surface area contributed by atoms with Gasteiger partial charge in [0.2, 0.25) is 0 Å². The van der Waals surface area contributed by atoms with Crippen LogP contribution in [0.15, 0.2) is 28.6 Å². The summed E-state index contributed by atoms with van der Waals surface area (Å²) in [7, 11) is -2.53. The molecule has 1 rings (SSSR count). The molecular formula is C12H15FN2OS. The maximum atomic E-state index is 12.7. The van der Waals surface area contributed by atoms with E-state index in [1.165, 1.54) is 12.1 Å². The highest BCUT2D eigenvalue weighted by Crippen LogP contribution is 2.10. The first-order chi connectivity index (χ1) is 8.09. The van der Waals surface area contributed by atoms with E-state index < -0.39 is 9.73 Å². The maximum absolute atomic E-state index is 12.7. The van der Waals surface area contributed by atoms with Gasteiger partial charge in [0.1, 0.15) is 11.6 Å². The van der Waals surface area contributed by atoms with E-state index in [1.54, 1.807) is 12.1 Å². The van der Waals surface area contributed by atoms with Gasteiger partial charge < -0.3 is 0 Å². The standard InChI is InChI=1S/C12H15FN2OS/c1-2-8-15-17(16,9-7-14)10-11-3-5-12(13)6-4-11/h3-6H,2,8-10H2,1H3. The summed E-state index contributed by atoms with van der Waals surface area (Å²) in [6, 6.07) is 7.70. The maximum Gasteiger partial charge on any atom is 0.123 e. The van der Waals surface area contributed by atoms with Crippen LogP contribution in [0.2, 0.25) is 0 Å². The zero-order valence-corrected chi connectivity index (χ0v) is 10.5. The van der Waals surface area contributed by atoms with E-state index in [4.69, 9.17) is 5.26 Å². The first-order valence-electron chi connectivity index (χ1n) is 5.39. The minimum absolute atomic E-state index is 0.0790. The molecule has 1 atom stereocenters. The molecule has 0 aliphatic rings. The molecule has 0 spiro atoms. The van der Waals surface area contributed by atoms with Crippen molar-refractivity contribution in [3.05, 3.63) is 35.6 Å². The zero-order valence-electron chi connectivity index (χ0n) is 9.73. The minimum atomic E-state index is -2.53. The number of nitrogens with zero attached hydrogens (tertiary/aromatic N) is 2. The van der Waals surface area contributed by atoms with Gasteiger partial charge in [0.25, 0.3) is 0 Å². The Labute approximate surface area is 101 Å². The monoisotopic (exact) mass is 254 g/mol. The first-order valence-corrected chi connectivity index (χ1v) is 7.24. The van der Waals surface area contributed by atoms with Crippen LogP contribution in [0.4, 0.5) is 4.39 Å². The summed E-state index contributed by atoms with van der Waals surface area (Å²) in [6.07, 6.45) is 0.797. The van der Waals surface area contributed by atoms with Gasteiger partial charge in [0.05, 0.1) is 21.6 Å². The number of hydrogen-bond donors (Lipinski definition) is 0. The van der Waals surface area contributed by atoms with E-state index in [0.29, 0.717) is 6.54 Å². The predicted octanol–water partition coefficient (Wildman–Crippen LogP) is 2.73. The van der Waals surface area contributed by atoms with Crippen molar-refractivity contribution in [2.45, 2.75) is 19.1 Å². The lowest BCUT2D eigenvalue weighted by Gasteiger charge is -2.06. The first kappa shape index (κ1) is 13.7. The van der Waals surface area contributed by atoms with Gasteiger partial charge in [-0.25, -0.2) is 13.0 Å². The molecule has 1 aromatic rings. The molecule has 0 fully saturated rings. The van der Waals surface area contributed by atoms with Gasteiger partial charge in [-0.2, -0.15) is 5.26 Å². The van der Waals surface area contributed by atoms with Crippen LogP contribution in [0, 0.1) is 17.1 Å². The Kier molecular flexibility index (Phi) is 5.11. The molecule has 0 saturated heterocycles. The van der Waals surface area contributed by atoms with Crippen LogP contribution in [0.1, 0.15) is 18.9 Å². The average Bonchev–Trinajstić information content (AvgIpc) is 2.30. The van der Waals surface area contributed by atoms with Gasteiger partial charge in [-0.15, -0.1) is 0 Å². The quantitative estimate of drug-likeness (QED) is 0.811. The van der Waals surface area contributed by atoms with E-state index >= 15 is 0 Å². The average molecular weight is 254 g/mol. The second-order valence-electron chi connectivity index (χ2n) is 3.70. The van der Waals surface area contributed by atoms with Gasteiger partial charge in [0, 0.05) is 6.54 Å². The molecule has 92 valence electrons. The molecule has 0 aliphatic carbocycles. The van der Waals surface area contributed by atoms with Crippen molar-refractivity contribution in [2.75, 3.05) is 12.3 Å². The normalized spacial score (nSPS) is 13.7. The number of benzene rings is 1. The van der Waals surface area contributed by atoms with E-state index in [1.807, 2.05) is 13.0 Å². The Morgan fingerprint density at radius 1 is 1.41 bits per heavy atom. The van der Waals surface area contributed by atoms with Gasteiger partial charge >= 0.3 is 0 Å². The highest BCUT2D eigenvalue weighted by atomic mass is 32.2. The summed E-state index contributed by atoms with van der Waals surface area (Å²) in [5.41, 5.74) is 0.742. The number of rotatable bonds is 5. The number of hydrogen-bond acceptors (Lipinski definition) is 3. The van der Waals surface area contributed by atoms with Crippen LogP contribution < -0.4 is 0 Å². The number of halogens is 1. The lowest BCUT2D eigenvalue weighted by atomic mass is 10.2. The molecule has 0 N–H and O–H groups in total. The Morgan fingerprint density at radius 3 is 2.59 bits per heavy atom. The minimum Gasteiger partial charge on any atom is -0.248 e. The topological polar surface area (TPSA) is 53.2 Å². The fraction of sp³-hybridized carbons (Fsp3) is 0.417. The lowest BCUT2D eigenvalue weighted by molar-refractivity contribution is 0.627. The van der Waals surface area contributed by atoms with E-state index in [-0.39, 0.29) is 17.3 Å². The molecular weight excluding hydrogens is 239 g/mol. The third-order valence-electron chi connectivity index (χ3n) is 2.15. The van der Waals surface area contributed by atoms with Crippen LogP contribution in [-0.4, -0.2) is 16.5 Å². The molecule has 0 aromatic heterocycles. The van der Waals surface area contributed by atoms with Gasteiger partial charge in [-0.3, -0.25) is 0 Å². The molecule has 0 bridgehead atoms. The SMILES string of the molecule is CCCN=S(=O)(CC#N)Cc1ccc(F)cc1. The zero-order chi connectivity index (χ0) is 12.7. The largest absolute Gasteiger partial charge is 0.248 e. The van der Waals surface area contributed by atoms with Gasteiger partial charge in [-0.1, -0.05) is 19.1 Å². The molecule has 17 heavy (non-hydrogen) atoms. The summed E-state index contributed by atoms with van der Waals surface area (Å²) in [5.74, 6) is -0.198. The van der Waals surface area contributed by atoms with Crippen molar-refractivity contribution in [1.82, 2.24) is 0 Å². The highest BCUT2D eigenvalue weighted by Gasteiger charge is 2.09. The van der Waals surface area contributed by atoms with Gasteiger partial charge in [0.15, 0.2) is 0 Å². The Hall–Kier alpha value is -1.41. The molecule has 5 heteroatoms. The van der Waals surface area contributed by atoms with Crippen LogP contribution in [0.3, 0.4) is 0 Å². The van der Waals surface area contributed by atoms with E-state index in [9.17, 15) is 8.60 Å². The van der Waals surface area contributed by atoms with Crippen molar-refractivity contribution in [2.24, 2.45) is 4.36 Å². The summed E-state index contributed by atoms with van der Waals surface area (Å²) in [6.45, 7) is 2.43. The summed E-state index contributed by atoms with van der Waals surface area (Å²) in [5, 5.41) is 8.67. The third-order valence-corrected chi connectivity index (χ3v) is 4.16. The van der Waals surface area contributed by atoms with Crippen LogP contribution in [0.25, 0.3) is 0 Å². The lowest BCUT2D eigenvalue weighted by Crippen LogP contribution is -2.09. The van der Waals surface area contributed by atoms with Crippen molar-refractivity contribution in [3.63, 3.8) is 0 Å². The number of nitriles is 1. The molecule has 0 saturated carbocycles. The predicted molar refractivity (Wildman–Crippen MR) is 66.3 cm³/mol. The highest BCUT2D eigenvalue weighted by molar-refractivity contribution is 7.93. The Balaban J connectivity index is 2.91. The Morgan fingerprint density at radius 2 is 2.06 bits per heavy atom. The fourth-order valence-corrected chi connectivity index (χ4v) is 3.06. The molecule has 1 unspecified atom stereocenters. The van der Waals surface area contributed by atoms with Crippen LogP contribution >= 0.6 is 0 Å². The van der Waals surface area contributed by atoms with Crippen LogP contribution in [0.5, 0.6) is 0 Å². The molecule has 0 aliphatic heterocycles. The smallest absolute Gasteiger partial charge is 0.123 e. The van der Waals surface area contributed by atoms with Crippen molar-refractivity contribution in [3.8, 4) is 6.07 Å². The summed E-state index contributed by atoms with van der Waals surface area (Å²) < 4.78 is 29.1. The summed E-state index contributed by atoms with van der Waals surface area (Å²) >= 11 is 0. The second kappa shape index (κ2) is 6.36. The van der Waals surface area contributed by atoms with Crippen molar-refractivity contribution >= 4 is 9.73 Å². The van der Waals surface area contributed by atoms with E-state index in [0.717, 1.165) is 12.0 Å².